The van der Waals surface area contributed by atoms with E-state index in [0.29, 0.717) is 11.7 Å². The third kappa shape index (κ3) is 3.43. The van der Waals surface area contributed by atoms with Gasteiger partial charge in [-0.15, -0.1) is 14.8 Å². The van der Waals surface area contributed by atoms with Crippen molar-refractivity contribution in [1.29, 1.82) is 0 Å². The molecule has 0 bridgehead atoms. The van der Waals surface area contributed by atoms with Crippen LogP contribution >= 0.6 is 0 Å². The SMILES string of the molecule is CCN1CCCC1CN(Cc1ccncc1)c1ccc2nnnn2n1. The zero-order valence-electron chi connectivity index (χ0n) is 14.4. The van der Waals surface area contributed by atoms with E-state index in [2.05, 4.69) is 54.5 Å². The summed E-state index contributed by atoms with van der Waals surface area (Å²) in [5.41, 5.74) is 1.87. The Morgan fingerprint density at radius 3 is 2.92 bits per heavy atom. The summed E-state index contributed by atoms with van der Waals surface area (Å²) in [6.45, 7) is 6.24. The molecule has 0 radical (unpaired) electrons. The molecule has 1 atom stereocenters. The lowest BCUT2D eigenvalue weighted by Gasteiger charge is -2.31. The van der Waals surface area contributed by atoms with E-state index in [0.717, 1.165) is 25.5 Å². The van der Waals surface area contributed by atoms with Crippen molar-refractivity contribution in [2.45, 2.75) is 32.4 Å². The summed E-state index contributed by atoms with van der Waals surface area (Å²) in [5.74, 6) is 0.888. The van der Waals surface area contributed by atoms with Crippen molar-refractivity contribution in [1.82, 2.24) is 35.1 Å². The average Bonchev–Trinajstić information content (AvgIpc) is 3.30. The summed E-state index contributed by atoms with van der Waals surface area (Å²) in [4.78, 5) is 8.98. The molecule has 1 aliphatic heterocycles. The summed E-state index contributed by atoms with van der Waals surface area (Å²) in [6.07, 6.45) is 6.16. The fourth-order valence-corrected chi connectivity index (χ4v) is 3.53. The standard InChI is InChI=1S/C17H22N8/c1-2-23-11-3-4-15(23)13-24(12-14-7-9-18-10-8-14)17-6-5-16-19-21-22-25(16)20-17/h5-10,15H,2-4,11-13H2,1H3. The average molecular weight is 338 g/mol. The van der Waals surface area contributed by atoms with Crippen molar-refractivity contribution in [2.75, 3.05) is 24.5 Å². The summed E-state index contributed by atoms with van der Waals surface area (Å²) in [5, 5.41) is 16.1. The molecular formula is C17H22N8. The molecule has 1 saturated heterocycles. The minimum absolute atomic E-state index is 0.554. The Balaban J connectivity index is 1.62. The fraction of sp³-hybridized carbons (Fsp3) is 0.471. The highest BCUT2D eigenvalue weighted by molar-refractivity contribution is 5.45. The molecule has 0 amide bonds. The predicted octanol–water partition coefficient (Wildman–Crippen LogP) is 1.41. The summed E-state index contributed by atoms with van der Waals surface area (Å²) >= 11 is 0. The largest absolute Gasteiger partial charge is 0.349 e. The minimum Gasteiger partial charge on any atom is -0.349 e. The molecule has 8 nitrogen and oxygen atoms in total. The van der Waals surface area contributed by atoms with Crippen molar-refractivity contribution in [3.63, 3.8) is 0 Å². The maximum absolute atomic E-state index is 4.60. The normalized spacial score (nSPS) is 18.0. The Hall–Kier alpha value is -2.61. The highest BCUT2D eigenvalue weighted by Gasteiger charge is 2.26. The van der Waals surface area contributed by atoms with Gasteiger partial charge in [0.15, 0.2) is 11.5 Å². The minimum atomic E-state index is 0.554. The number of fused-ring (bicyclic) bond motifs is 1. The molecule has 0 saturated carbocycles. The first-order chi connectivity index (χ1) is 12.3. The molecule has 1 fully saturated rings. The van der Waals surface area contributed by atoms with E-state index in [9.17, 15) is 0 Å². The summed E-state index contributed by atoms with van der Waals surface area (Å²) in [7, 11) is 0. The third-order valence-corrected chi connectivity index (χ3v) is 4.84. The number of likely N-dealkylation sites (tertiary alicyclic amines) is 1. The number of tetrazole rings is 1. The van der Waals surface area contributed by atoms with E-state index < -0.39 is 0 Å². The zero-order valence-corrected chi connectivity index (χ0v) is 14.4. The Bertz CT molecular complexity index is 818. The van der Waals surface area contributed by atoms with E-state index in [1.807, 2.05) is 24.5 Å². The van der Waals surface area contributed by atoms with Crippen LogP contribution in [-0.4, -0.2) is 60.8 Å². The summed E-state index contributed by atoms with van der Waals surface area (Å²) in [6, 6.07) is 8.56. The molecule has 4 heterocycles. The van der Waals surface area contributed by atoms with Gasteiger partial charge in [-0.2, -0.15) is 0 Å². The Morgan fingerprint density at radius 1 is 1.20 bits per heavy atom. The summed E-state index contributed by atoms with van der Waals surface area (Å²) < 4.78 is 1.49. The van der Waals surface area contributed by atoms with Crippen LogP contribution in [0.25, 0.3) is 5.65 Å². The van der Waals surface area contributed by atoms with Crippen LogP contribution < -0.4 is 4.90 Å². The lowest BCUT2D eigenvalue weighted by atomic mass is 10.1. The van der Waals surface area contributed by atoms with Crippen LogP contribution in [0.5, 0.6) is 0 Å². The van der Waals surface area contributed by atoms with Crippen LogP contribution in [0.15, 0.2) is 36.7 Å². The van der Waals surface area contributed by atoms with Crippen molar-refractivity contribution < 1.29 is 0 Å². The molecule has 1 unspecified atom stereocenters. The van der Waals surface area contributed by atoms with Crippen molar-refractivity contribution >= 4 is 11.5 Å². The maximum Gasteiger partial charge on any atom is 0.200 e. The number of pyridine rings is 1. The van der Waals surface area contributed by atoms with E-state index in [4.69, 9.17) is 0 Å². The van der Waals surface area contributed by atoms with E-state index in [1.165, 1.54) is 29.6 Å². The second kappa shape index (κ2) is 7.10. The monoisotopic (exact) mass is 338 g/mol. The molecule has 4 rings (SSSR count). The van der Waals surface area contributed by atoms with Gasteiger partial charge in [-0.3, -0.25) is 9.88 Å². The molecular weight excluding hydrogens is 316 g/mol. The molecule has 130 valence electrons. The first-order valence-electron chi connectivity index (χ1n) is 8.77. The smallest absolute Gasteiger partial charge is 0.200 e. The topological polar surface area (TPSA) is 75.3 Å². The zero-order chi connectivity index (χ0) is 17.1. The molecule has 25 heavy (non-hydrogen) atoms. The lowest BCUT2D eigenvalue weighted by Crippen LogP contribution is -2.40. The van der Waals surface area contributed by atoms with Gasteiger partial charge in [-0.05, 0) is 66.2 Å². The molecule has 0 spiro atoms. The highest BCUT2D eigenvalue weighted by atomic mass is 15.6. The van der Waals surface area contributed by atoms with Gasteiger partial charge in [0, 0.05) is 31.5 Å². The Kier molecular flexibility index (Phi) is 4.51. The van der Waals surface area contributed by atoms with Crippen molar-refractivity contribution in [2.24, 2.45) is 0 Å². The predicted molar refractivity (Wildman–Crippen MR) is 94.1 cm³/mol. The van der Waals surface area contributed by atoms with Crippen LogP contribution in [0, 0.1) is 0 Å². The van der Waals surface area contributed by atoms with E-state index in [1.54, 1.807) is 0 Å². The van der Waals surface area contributed by atoms with Crippen LogP contribution in [0.3, 0.4) is 0 Å². The van der Waals surface area contributed by atoms with Gasteiger partial charge in [0.1, 0.15) is 0 Å². The number of likely N-dealkylation sites (N-methyl/N-ethyl adjacent to an activating group) is 1. The second-order valence-electron chi connectivity index (χ2n) is 6.38. The number of rotatable bonds is 6. The second-order valence-corrected chi connectivity index (χ2v) is 6.38. The maximum atomic E-state index is 4.60. The highest BCUT2D eigenvalue weighted by Crippen LogP contribution is 2.22. The van der Waals surface area contributed by atoms with Gasteiger partial charge in [-0.1, -0.05) is 6.92 Å². The van der Waals surface area contributed by atoms with Crippen LogP contribution in [0.2, 0.25) is 0 Å². The first-order valence-corrected chi connectivity index (χ1v) is 8.77. The molecule has 0 aliphatic carbocycles. The van der Waals surface area contributed by atoms with Crippen LogP contribution in [-0.2, 0) is 6.54 Å². The fourth-order valence-electron chi connectivity index (χ4n) is 3.53. The van der Waals surface area contributed by atoms with Crippen molar-refractivity contribution in [3.05, 3.63) is 42.2 Å². The van der Waals surface area contributed by atoms with E-state index in [-0.39, 0.29) is 0 Å². The number of hydrogen-bond donors (Lipinski definition) is 0. The molecule has 0 N–H and O–H groups in total. The van der Waals surface area contributed by atoms with Crippen LogP contribution in [0.1, 0.15) is 25.3 Å². The molecule has 3 aromatic rings. The molecule has 3 aromatic heterocycles. The molecule has 0 aromatic carbocycles. The number of anilines is 1. The van der Waals surface area contributed by atoms with Crippen molar-refractivity contribution in [3.8, 4) is 0 Å². The lowest BCUT2D eigenvalue weighted by molar-refractivity contribution is 0.268. The number of hydrogen-bond acceptors (Lipinski definition) is 7. The van der Waals surface area contributed by atoms with Gasteiger partial charge in [-0.25, -0.2) is 0 Å². The quantitative estimate of drug-likeness (QED) is 0.672. The van der Waals surface area contributed by atoms with Gasteiger partial charge in [0.2, 0.25) is 0 Å². The number of nitrogens with zero attached hydrogens (tertiary/aromatic N) is 8. The van der Waals surface area contributed by atoms with Gasteiger partial charge in [0.05, 0.1) is 0 Å². The molecule has 8 heteroatoms. The molecule has 1 aliphatic rings. The third-order valence-electron chi connectivity index (χ3n) is 4.84. The number of aromatic nitrogens is 6. The Morgan fingerprint density at radius 2 is 2.08 bits per heavy atom. The van der Waals surface area contributed by atoms with Gasteiger partial charge in [0.25, 0.3) is 0 Å². The van der Waals surface area contributed by atoms with E-state index >= 15 is 0 Å². The first kappa shape index (κ1) is 15.9. The van der Waals surface area contributed by atoms with Gasteiger partial charge < -0.3 is 4.90 Å². The van der Waals surface area contributed by atoms with Crippen LogP contribution in [0.4, 0.5) is 5.82 Å². The Labute approximate surface area is 146 Å². The van der Waals surface area contributed by atoms with Gasteiger partial charge >= 0.3 is 0 Å².